The first-order valence-corrected chi connectivity index (χ1v) is 12.6. The van der Waals surface area contributed by atoms with E-state index in [1.54, 1.807) is 4.31 Å². The molecule has 168 valence electrons. The van der Waals surface area contributed by atoms with Gasteiger partial charge >= 0.3 is 0 Å². The van der Waals surface area contributed by atoms with Crippen LogP contribution in [0.2, 0.25) is 0 Å². The molecule has 5 nitrogen and oxygen atoms in total. The second kappa shape index (κ2) is 9.53. The standard InChI is InChI=1S/C25H34N2O3S/c1-17-8-6-7-9-23(17)16-31(29,30)27-12-10-22(11-13-27)25(28)26-21(5)24-15-19(3)18(2)14-20(24)4/h6-9,14-15,21-22H,10-13,16H2,1-5H3,(H,26,28). The number of nitrogens with zero attached hydrogens (tertiary/aromatic N) is 1. The van der Waals surface area contributed by atoms with Crippen molar-refractivity contribution in [3.05, 3.63) is 69.8 Å². The van der Waals surface area contributed by atoms with Gasteiger partial charge in [0.2, 0.25) is 15.9 Å². The van der Waals surface area contributed by atoms with Crippen molar-refractivity contribution in [3.63, 3.8) is 0 Å². The van der Waals surface area contributed by atoms with Crippen LogP contribution in [-0.4, -0.2) is 31.7 Å². The van der Waals surface area contributed by atoms with Crippen molar-refractivity contribution in [3.8, 4) is 0 Å². The van der Waals surface area contributed by atoms with E-state index in [4.69, 9.17) is 0 Å². The Morgan fingerprint density at radius 2 is 1.61 bits per heavy atom. The first-order chi connectivity index (χ1) is 14.6. The molecule has 3 rings (SSSR count). The highest BCUT2D eigenvalue weighted by Crippen LogP contribution is 2.25. The Labute approximate surface area is 186 Å². The molecular weight excluding hydrogens is 408 g/mol. The highest BCUT2D eigenvalue weighted by molar-refractivity contribution is 7.88. The van der Waals surface area contributed by atoms with Gasteiger partial charge in [-0.3, -0.25) is 4.79 Å². The molecule has 0 bridgehead atoms. The first kappa shape index (κ1) is 23.5. The smallest absolute Gasteiger partial charge is 0.223 e. The molecule has 0 aliphatic carbocycles. The lowest BCUT2D eigenvalue weighted by molar-refractivity contribution is -0.126. The van der Waals surface area contributed by atoms with Crippen LogP contribution in [0.1, 0.15) is 59.2 Å². The molecule has 2 aromatic rings. The zero-order valence-electron chi connectivity index (χ0n) is 19.2. The molecule has 1 heterocycles. The third-order valence-corrected chi connectivity index (χ3v) is 8.35. The molecule has 1 atom stereocenters. The normalized spacial score (nSPS) is 16.8. The van der Waals surface area contributed by atoms with Gasteiger partial charge in [-0.05, 0) is 80.8 Å². The van der Waals surface area contributed by atoms with Gasteiger partial charge < -0.3 is 5.32 Å². The fraction of sp³-hybridized carbons (Fsp3) is 0.480. The third-order valence-electron chi connectivity index (χ3n) is 6.52. The van der Waals surface area contributed by atoms with Gasteiger partial charge in [-0.2, -0.15) is 0 Å². The second-order valence-electron chi connectivity index (χ2n) is 8.88. The van der Waals surface area contributed by atoms with Crippen LogP contribution in [0.3, 0.4) is 0 Å². The zero-order valence-corrected chi connectivity index (χ0v) is 20.1. The molecule has 1 aliphatic rings. The number of rotatable bonds is 6. The zero-order chi connectivity index (χ0) is 22.8. The van der Waals surface area contributed by atoms with E-state index >= 15 is 0 Å². The minimum absolute atomic E-state index is 0.0135. The lowest BCUT2D eigenvalue weighted by Crippen LogP contribution is -2.43. The van der Waals surface area contributed by atoms with Crippen LogP contribution in [0.15, 0.2) is 36.4 Å². The summed E-state index contributed by atoms with van der Waals surface area (Å²) in [6.07, 6.45) is 1.11. The molecule has 0 aromatic heterocycles. The molecular formula is C25H34N2O3S. The van der Waals surface area contributed by atoms with Gasteiger partial charge in [0.1, 0.15) is 0 Å². The van der Waals surface area contributed by atoms with Gasteiger partial charge in [-0.25, -0.2) is 12.7 Å². The first-order valence-electron chi connectivity index (χ1n) is 11.0. The SMILES string of the molecule is Cc1cc(C)c(C(C)NC(=O)C2CCN(S(=O)(=O)Cc3ccccc3C)CC2)cc1C. The minimum Gasteiger partial charge on any atom is -0.349 e. The molecule has 1 saturated heterocycles. The molecule has 31 heavy (non-hydrogen) atoms. The maximum Gasteiger partial charge on any atom is 0.223 e. The minimum atomic E-state index is -3.39. The van der Waals surface area contributed by atoms with E-state index in [0.717, 1.165) is 16.7 Å². The molecule has 1 unspecified atom stereocenters. The van der Waals surface area contributed by atoms with E-state index in [2.05, 4.69) is 38.2 Å². The van der Waals surface area contributed by atoms with Gasteiger partial charge in [0.15, 0.2) is 0 Å². The summed E-state index contributed by atoms with van der Waals surface area (Å²) < 4.78 is 27.3. The average molecular weight is 443 g/mol. The number of nitrogens with one attached hydrogen (secondary N) is 1. The van der Waals surface area contributed by atoms with Crippen molar-refractivity contribution in [1.82, 2.24) is 9.62 Å². The number of aryl methyl sites for hydroxylation is 4. The molecule has 6 heteroatoms. The number of benzene rings is 2. The summed E-state index contributed by atoms with van der Waals surface area (Å²) in [6, 6.07) is 11.8. The summed E-state index contributed by atoms with van der Waals surface area (Å²) in [5, 5.41) is 3.15. The van der Waals surface area contributed by atoms with Crippen molar-refractivity contribution >= 4 is 15.9 Å². The van der Waals surface area contributed by atoms with Crippen LogP contribution in [0, 0.1) is 33.6 Å². The number of carbonyl (C=O) groups is 1. The molecule has 1 N–H and O–H groups in total. The van der Waals surface area contributed by atoms with Gasteiger partial charge in [0.05, 0.1) is 11.8 Å². The van der Waals surface area contributed by atoms with Crippen LogP contribution in [0.25, 0.3) is 0 Å². The van der Waals surface area contributed by atoms with Gasteiger partial charge in [-0.15, -0.1) is 0 Å². The maximum absolute atomic E-state index is 12.9. The summed E-state index contributed by atoms with van der Waals surface area (Å²) in [7, 11) is -3.39. The van der Waals surface area contributed by atoms with Crippen LogP contribution < -0.4 is 5.32 Å². The summed E-state index contributed by atoms with van der Waals surface area (Å²) in [5.74, 6) is -0.125. The Kier molecular flexibility index (Phi) is 7.22. The fourth-order valence-electron chi connectivity index (χ4n) is 4.31. The predicted octanol–water partition coefficient (Wildman–Crippen LogP) is 4.34. The Hall–Kier alpha value is -2.18. The lowest BCUT2D eigenvalue weighted by Gasteiger charge is -2.31. The van der Waals surface area contributed by atoms with Crippen molar-refractivity contribution < 1.29 is 13.2 Å². The van der Waals surface area contributed by atoms with E-state index in [9.17, 15) is 13.2 Å². The quantitative estimate of drug-likeness (QED) is 0.724. The Balaban J connectivity index is 1.58. The van der Waals surface area contributed by atoms with Gasteiger partial charge in [0, 0.05) is 19.0 Å². The third kappa shape index (κ3) is 5.55. The van der Waals surface area contributed by atoms with Crippen LogP contribution in [0.4, 0.5) is 0 Å². The topological polar surface area (TPSA) is 66.5 Å². The van der Waals surface area contributed by atoms with E-state index in [-0.39, 0.29) is 23.6 Å². The van der Waals surface area contributed by atoms with Crippen molar-refractivity contribution in [2.45, 2.75) is 59.3 Å². The molecule has 0 radical (unpaired) electrons. The van der Waals surface area contributed by atoms with E-state index in [1.165, 1.54) is 16.7 Å². The van der Waals surface area contributed by atoms with E-state index in [0.29, 0.717) is 25.9 Å². The molecule has 1 fully saturated rings. The number of sulfonamides is 1. The van der Waals surface area contributed by atoms with Gasteiger partial charge in [0.25, 0.3) is 0 Å². The van der Waals surface area contributed by atoms with Crippen molar-refractivity contribution in [2.75, 3.05) is 13.1 Å². The second-order valence-corrected chi connectivity index (χ2v) is 10.8. The van der Waals surface area contributed by atoms with E-state index < -0.39 is 10.0 Å². The molecule has 1 aliphatic heterocycles. The number of piperidine rings is 1. The average Bonchev–Trinajstić information content (AvgIpc) is 2.72. The Bertz CT molecular complexity index is 1050. The highest BCUT2D eigenvalue weighted by Gasteiger charge is 2.32. The number of hydrogen-bond donors (Lipinski definition) is 1. The maximum atomic E-state index is 12.9. The highest BCUT2D eigenvalue weighted by atomic mass is 32.2. The summed E-state index contributed by atoms with van der Waals surface area (Å²) >= 11 is 0. The van der Waals surface area contributed by atoms with Crippen LogP contribution >= 0.6 is 0 Å². The van der Waals surface area contributed by atoms with Crippen LogP contribution in [0.5, 0.6) is 0 Å². The lowest BCUT2D eigenvalue weighted by atomic mass is 9.94. The molecule has 0 spiro atoms. The Morgan fingerprint density at radius 1 is 1.00 bits per heavy atom. The van der Waals surface area contributed by atoms with Crippen molar-refractivity contribution in [2.24, 2.45) is 5.92 Å². The summed E-state index contributed by atoms with van der Waals surface area (Å²) in [5.41, 5.74) is 6.59. The van der Waals surface area contributed by atoms with E-state index in [1.807, 2.05) is 38.1 Å². The largest absolute Gasteiger partial charge is 0.349 e. The monoisotopic (exact) mass is 442 g/mol. The predicted molar refractivity (Wildman–Crippen MR) is 125 cm³/mol. The summed E-state index contributed by atoms with van der Waals surface area (Å²) in [6.45, 7) is 11.0. The summed E-state index contributed by atoms with van der Waals surface area (Å²) in [4.78, 5) is 12.9. The molecule has 2 aromatic carbocycles. The number of hydrogen-bond acceptors (Lipinski definition) is 3. The molecule has 0 saturated carbocycles. The fourth-order valence-corrected chi connectivity index (χ4v) is 5.98. The Morgan fingerprint density at radius 3 is 2.26 bits per heavy atom. The van der Waals surface area contributed by atoms with Crippen LogP contribution in [-0.2, 0) is 20.6 Å². The number of carbonyl (C=O) groups excluding carboxylic acids is 1. The van der Waals surface area contributed by atoms with Gasteiger partial charge in [-0.1, -0.05) is 36.4 Å². The molecule has 1 amide bonds. The number of amides is 1. The van der Waals surface area contributed by atoms with Crippen molar-refractivity contribution in [1.29, 1.82) is 0 Å².